The quantitative estimate of drug-likeness (QED) is 0.668. The van der Waals surface area contributed by atoms with Gasteiger partial charge in [-0.25, -0.2) is 4.98 Å². The van der Waals surface area contributed by atoms with Crippen LogP contribution in [0.1, 0.15) is 0 Å². The maximum Gasteiger partial charge on any atom is 0.137 e. The van der Waals surface area contributed by atoms with Gasteiger partial charge >= 0.3 is 0 Å². The van der Waals surface area contributed by atoms with Gasteiger partial charge < -0.3 is 10.1 Å². The standard InChI is InChI=1S/C12H10N4/c13-9-4-5-12-15-11(8-16(12)7-9)10-3-1-2-6-14-10/h1-8H,13H2. The molecule has 0 atom stereocenters. The van der Waals surface area contributed by atoms with Gasteiger partial charge in [-0.2, -0.15) is 0 Å². The number of hydrogen-bond donors (Lipinski definition) is 1. The van der Waals surface area contributed by atoms with E-state index in [4.69, 9.17) is 5.73 Å². The van der Waals surface area contributed by atoms with E-state index in [9.17, 15) is 0 Å². The zero-order valence-electron chi connectivity index (χ0n) is 8.54. The van der Waals surface area contributed by atoms with Crippen molar-refractivity contribution in [3.05, 3.63) is 48.9 Å². The molecule has 2 N–H and O–H groups in total. The number of imidazole rings is 1. The lowest BCUT2D eigenvalue weighted by atomic mass is 10.3. The van der Waals surface area contributed by atoms with Gasteiger partial charge in [-0.3, -0.25) is 4.98 Å². The summed E-state index contributed by atoms with van der Waals surface area (Å²) in [7, 11) is 0. The van der Waals surface area contributed by atoms with Crippen LogP contribution in [0.3, 0.4) is 0 Å². The van der Waals surface area contributed by atoms with Crippen molar-refractivity contribution in [2.75, 3.05) is 5.73 Å². The van der Waals surface area contributed by atoms with Crippen LogP contribution < -0.4 is 5.73 Å². The van der Waals surface area contributed by atoms with E-state index < -0.39 is 0 Å². The summed E-state index contributed by atoms with van der Waals surface area (Å²) >= 11 is 0. The van der Waals surface area contributed by atoms with E-state index in [-0.39, 0.29) is 0 Å². The van der Waals surface area contributed by atoms with Crippen molar-refractivity contribution in [1.29, 1.82) is 0 Å². The molecule has 16 heavy (non-hydrogen) atoms. The predicted molar refractivity (Wildman–Crippen MR) is 62.8 cm³/mol. The van der Waals surface area contributed by atoms with Crippen molar-refractivity contribution in [3.8, 4) is 11.4 Å². The second kappa shape index (κ2) is 3.34. The fraction of sp³-hybridized carbons (Fsp3) is 0. The third kappa shape index (κ3) is 1.40. The Morgan fingerprint density at radius 1 is 1.00 bits per heavy atom. The summed E-state index contributed by atoms with van der Waals surface area (Å²) in [5, 5.41) is 0. The Bertz CT molecular complexity index is 628. The summed E-state index contributed by atoms with van der Waals surface area (Å²) in [6, 6.07) is 9.50. The molecule has 3 heterocycles. The van der Waals surface area contributed by atoms with Crippen molar-refractivity contribution in [2.45, 2.75) is 0 Å². The molecule has 0 radical (unpaired) electrons. The van der Waals surface area contributed by atoms with Crippen LogP contribution in [0.2, 0.25) is 0 Å². The highest BCUT2D eigenvalue weighted by molar-refractivity contribution is 5.60. The van der Waals surface area contributed by atoms with Gasteiger partial charge in [0.15, 0.2) is 0 Å². The summed E-state index contributed by atoms with van der Waals surface area (Å²) in [6.07, 6.45) is 5.52. The molecule has 3 rings (SSSR count). The van der Waals surface area contributed by atoms with E-state index in [1.54, 1.807) is 6.20 Å². The van der Waals surface area contributed by atoms with Gasteiger partial charge in [-0.15, -0.1) is 0 Å². The Hall–Kier alpha value is -2.36. The lowest BCUT2D eigenvalue weighted by Crippen LogP contribution is -1.88. The van der Waals surface area contributed by atoms with Crippen LogP contribution >= 0.6 is 0 Å². The first-order valence-corrected chi connectivity index (χ1v) is 4.98. The van der Waals surface area contributed by atoms with Crippen molar-refractivity contribution in [2.24, 2.45) is 0 Å². The highest BCUT2D eigenvalue weighted by Crippen LogP contribution is 2.17. The minimum Gasteiger partial charge on any atom is -0.398 e. The van der Waals surface area contributed by atoms with Crippen LogP contribution in [-0.2, 0) is 0 Å². The Balaban J connectivity index is 2.19. The summed E-state index contributed by atoms with van der Waals surface area (Å²) in [5.41, 5.74) is 9.02. The van der Waals surface area contributed by atoms with Crippen LogP contribution in [0.4, 0.5) is 5.69 Å². The van der Waals surface area contributed by atoms with Crippen LogP contribution in [-0.4, -0.2) is 14.4 Å². The highest BCUT2D eigenvalue weighted by Gasteiger charge is 2.04. The number of nitrogen functional groups attached to an aromatic ring is 1. The molecule has 0 aliphatic heterocycles. The molecular formula is C12H10N4. The van der Waals surface area contributed by atoms with Gasteiger partial charge in [0.1, 0.15) is 11.3 Å². The Labute approximate surface area is 92.4 Å². The van der Waals surface area contributed by atoms with Crippen LogP contribution in [0.5, 0.6) is 0 Å². The Morgan fingerprint density at radius 2 is 1.94 bits per heavy atom. The number of rotatable bonds is 1. The maximum atomic E-state index is 5.71. The SMILES string of the molecule is Nc1ccc2nc(-c3ccccn3)cn2c1. The summed E-state index contributed by atoms with van der Waals surface area (Å²) in [4.78, 5) is 8.73. The summed E-state index contributed by atoms with van der Waals surface area (Å²) in [6.45, 7) is 0. The summed E-state index contributed by atoms with van der Waals surface area (Å²) in [5.74, 6) is 0. The maximum absolute atomic E-state index is 5.71. The number of aromatic nitrogens is 3. The molecule has 0 saturated heterocycles. The molecule has 0 bridgehead atoms. The largest absolute Gasteiger partial charge is 0.398 e. The van der Waals surface area contributed by atoms with Crippen molar-refractivity contribution in [1.82, 2.24) is 14.4 Å². The minimum absolute atomic E-state index is 0.720. The van der Waals surface area contributed by atoms with Gasteiger partial charge in [0.05, 0.1) is 5.69 Å². The van der Waals surface area contributed by atoms with Crippen LogP contribution in [0, 0.1) is 0 Å². The third-order valence-corrected chi connectivity index (χ3v) is 2.40. The van der Waals surface area contributed by atoms with Gasteiger partial charge in [0.25, 0.3) is 0 Å². The van der Waals surface area contributed by atoms with Gasteiger partial charge in [0.2, 0.25) is 0 Å². The highest BCUT2D eigenvalue weighted by atomic mass is 15.0. The first kappa shape index (κ1) is 8.91. The monoisotopic (exact) mass is 210 g/mol. The molecule has 0 unspecified atom stereocenters. The number of pyridine rings is 2. The fourth-order valence-corrected chi connectivity index (χ4v) is 1.65. The van der Waals surface area contributed by atoms with E-state index in [0.29, 0.717) is 0 Å². The minimum atomic E-state index is 0.720. The van der Waals surface area contributed by atoms with Crippen LogP contribution in [0.15, 0.2) is 48.9 Å². The van der Waals surface area contributed by atoms with E-state index >= 15 is 0 Å². The molecule has 0 aliphatic rings. The van der Waals surface area contributed by atoms with Gasteiger partial charge in [0, 0.05) is 24.3 Å². The normalized spacial score (nSPS) is 10.8. The van der Waals surface area contributed by atoms with Gasteiger partial charge in [-0.1, -0.05) is 6.07 Å². The number of fused-ring (bicyclic) bond motifs is 1. The van der Waals surface area contributed by atoms with E-state index in [0.717, 1.165) is 22.7 Å². The third-order valence-electron chi connectivity index (χ3n) is 2.40. The van der Waals surface area contributed by atoms with Crippen molar-refractivity contribution in [3.63, 3.8) is 0 Å². The lowest BCUT2D eigenvalue weighted by molar-refractivity contribution is 1.19. The number of nitrogens with two attached hydrogens (primary N) is 1. The molecule has 0 aromatic carbocycles. The zero-order valence-corrected chi connectivity index (χ0v) is 8.54. The first-order valence-electron chi connectivity index (χ1n) is 4.98. The molecule has 0 fully saturated rings. The summed E-state index contributed by atoms with van der Waals surface area (Å²) < 4.78 is 1.90. The molecular weight excluding hydrogens is 200 g/mol. The fourth-order valence-electron chi connectivity index (χ4n) is 1.65. The number of anilines is 1. The van der Waals surface area contributed by atoms with Crippen LogP contribution in [0.25, 0.3) is 17.0 Å². The first-order chi connectivity index (χ1) is 7.83. The molecule has 0 amide bonds. The second-order valence-electron chi connectivity index (χ2n) is 3.57. The number of hydrogen-bond acceptors (Lipinski definition) is 3. The molecule has 78 valence electrons. The topological polar surface area (TPSA) is 56.2 Å². The average Bonchev–Trinajstić information content (AvgIpc) is 2.73. The Kier molecular flexibility index (Phi) is 1.86. The van der Waals surface area contributed by atoms with E-state index in [2.05, 4.69) is 9.97 Å². The lowest BCUT2D eigenvalue weighted by Gasteiger charge is -1.93. The Morgan fingerprint density at radius 3 is 2.75 bits per heavy atom. The molecule has 3 aromatic heterocycles. The molecule has 4 heteroatoms. The molecule has 0 spiro atoms. The molecule has 3 aromatic rings. The average molecular weight is 210 g/mol. The smallest absolute Gasteiger partial charge is 0.137 e. The molecule has 0 aliphatic carbocycles. The van der Waals surface area contributed by atoms with Crippen molar-refractivity contribution >= 4 is 11.3 Å². The van der Waals surface area contributed by atoms with Crippen molar-refractivity contribution < 1.29 is 0 Å². The number of nitrogens with zero attached hydrogens (tertiary/aromatic N) is 3. The molecule has 0 saturated carbocycles. The van der Waals surface area contributed by atoms with Gasteiger partial charge in [-0.05, 0) is 24.3 Å². The van der Waals surface area contributed by atoms with E-state index in [1.165, 1.54) is 0 Å². The zero-order chi connectivity index (χ0) is 11.0. The molecule has 4 nitrogen and oxygen atoms in total. The van der Waals surface area contributed by atoms with E-state index in [1.807, 2.05) is 47.1 Å². The predicted octanol–water partition coefficient (Wildman–Crippen LogP) is 1.98. The second-order valence-corrected chi connectivity index (χ2v) is 3.57.